The number of rotatable bonds is 3. The Bertz CT molecular complexity index is 775. The number of ether oxygens (including phenoxy) is 1. The minimum atomic E-state index is -0.579. The van der Waals surface area contributed by atoms with Crippen molar-refractivity contribution in [2.75, 3.05) is 36.4 Å². The summed E-state index contributed by atoms with van der Waals surface area (Å²) in [4.78, 5) is 27.8. The van der Waals surface area contributed by atoms with Gasteiger partial charge in [-0.15, -0.1) is 10.2 Å². The van der Waals surface area contributed by atoms with Crippen LogP contribution in [0.25, 0.3) is 0 Å². The Morgan fingerprint density at radius 2 is 1.85 bits per heavy atom. The first-order chi connectivity index (χ1) is 12.8. The first-order valence-corrected chi connectivity index (χ1v) is 8.73. The number of furan rings is 1. The number of amides is 2. The van der Waals surface area contributed by atoms with Gasteiger partial charge in [0.05, 0.1) is 6.26 Å². The van der Waals surface area contributed by atoms with Crippen LogP contribution in [-0.2, 0) is 4.74 Å². The largest absolute Gasteiger partial charge is 0.459 e. The summed E-state index contributed by atoms with van der Waals surface area (Å²) in [6.45, 7) is 7.78. The number of carbonyl (C=O) groups excluding carboxylic acids is 2. The average molecular weight is 373 g/mol. The van der Waals surface area contributed by atoms with Crippen molar-refractivity contribution in [2.24, 2.45) is 0 Å². The van der Waals surface area contributed by atoms with Crippen molar-refractivity contribution in [3.05, 3.63) is 36.3 Å². The van der Waals surface area contributed by atoms with Crippen molar-refractivity contribution >= 4 is 23.6 Å². The number of aromatic nitrogens is 2. The molecule has 1 aliphatic heterocycles. The zero-order chi connectivity index (χ0) is 19.4. The molecule has 2 aromatic rings. The molecule has 0 bridgehead atoms. The Hall–Kier alpha value is -3.10. The molecule has 9 heteroatoms. The summed E-state index contributed by atoms with van der Waals surface area (Å²) in [7, 11) is 0. The zero-order valence-corrected chi connectivity index (χ0v) is 15.6. The van der Waals surface area contributed by atoms with Crippen LogP contribution in [0.1, 0.15) is 31.3 Å². The lowest BCUT2D eigenvalue weighted by atomic mass is 10.2. The molecule has 3 rings (SSSR count). The summed E-state index contributed by atoms with van der Waals surface area (Å²) in [6, 6.07) is 6.82. The molecule has 0 radical (unpaired) electrons. The van der Waals surface area contributed by atoms with Gasteiger partial charge in [-0.2, -0.15) is 0 Å². The maximum Gasteiger partial charge on any atom is 0.413 e. The van der Waals surface area contributed by atoms with Gasteiger partial charge in [-0.1, -0.05) is 0 Å². The van der Waals surface area contributed by atoms with Crippen LogP contribution >= 0.6 is 0 Å². The molecule has 1 N–H and O–H groups in total. The summed E-state index contributed by atoms with van der Waals surface area (Å²) in [5, 5.41) is 10.7. The molecule has 2 aromatic heterocycles. The lowest BCUT2D eigenvalue weighted by Gasteiger charge is -2.34. The Balaban J connectivity index is 1.53. The van der Waals surface area contributed by atoms with Gasteiger partial charge in [0.15, 0.2) is 17.4 Å². The third-order valence-electron chi connectivity index (χ3n) is 3.90. The van der Waals surface area contributed by atoms with Gasteiger partial charge in [0.1, 0.15) is 5.60 Å². The molecule has 27 heavy (non-hydrogen) atoms. The molecule has 0 atom stereocenters. The van der Waals surface area contributed by atoms with Gasteiger partial charge < -0.3 is 19.0 Å². The van der Waals surface area contributed by atoms with Crippen molar-refractivity contribution < 1.29 is 18.7 Å². The van der Waals surface area contributed by atoms with Gasteiger partial charge >= 0.3 is 6.09 Å². The summed E-state index contributed by atoms with van der Waals surface area (Å²) >= 11 is 0. The zero-order valence-electron chi connectivity index (χ0n) is 15.6. The van der Waals surface area contributed by atoms with E-state index in [2.05, 4.69) is 15.5 Å². The highest BCUT2D eigenvalue weighted by Gasteiger charge is 2.24. The van der Waals surface area contributed by atoms with Crippen molar-refractivity contribution in [1.82, 2.24) is 15.1 Å². The molecule has 1 fully saturated rings. The van der Waals surface area contributed by atoms with Crippen molar-refractivity contribution in [2.45, 2.75) is 26.4 Å². The van der Waals surface area contributed by atoms with E-state index in [0.717, 1.165) is 0 Å². The smallest absolute Gasteiger partial charge is 0.413 e. The fraction of sp³-hybridized carbons (Fsp3) is 0.444. The monoisotopic (exact) mass is 373 g/mol. The molecule has 144 valence electrons. The summed E-state index contributed by atoms with van der Waals surface area (Å²) < 4.78 is 10.3. The van der Waals surface area contributed by atoms with E-state index in [1.807, 2.05) is 4.90 Å². The Kier molecular flexibility index (Phi) is 5.29. The van der Waals surface area contributed by atoms with Crippen molar-refractivity contribution in [1.29, 1.82) is 0 Å². The van der Waals surface area contributed by atoms with Gasteiger partial charge in [-0.05, 0) is 45.0 Å². The molecular weight excluding hydrogens is 350 g/mol. The Morgan fingerprint density at radius 3 is 2.41 bits per heavy atom. The van der Waals surface area contributed by atoms with E-state index in [0.29, 0.717) is 43.6 Å². The quantitative estimate of drug-likeness (QED) is 0.881. The molecule has 1 saturated heterocycles. The van der Waals surface area contributed by atoms with E-state index in [9.17, 15) is 9.59 Å². The first-order valence-electron chi connectivity index (χ1n) is 8.73. The van der Waals surface area contributed by atoms with E-state index < -0.39 is 11.7 Å². The summed E-state index contributed by atoms with van der Waals surface area (Å²) in [5.41, 5.74) is -0.579. The standard InChI is InChI=1S/C18H23N5O4/c1-18(2,3)27-17(25)19-14-6-7-15(21-20-14)22-8-10-23(11-9-22)16(24)13-5-4-12-26-13/h4-7,12H,8-11H2,1-3H3,(H,19,20,25). The van der Waals surface area contributed by atoms with Gasteiger partial charge in [0.25, 0.3) is 5.91 Å². The van der Waals surface area contributed by atoms with Crippen molar-refractivity contribution in [3.8, 4) is 0 Å². The van der Waals surface area contributed by atoms with Crippen LogP contribution in [0.5, 0.6) is 0 Å². The molecule has 9 nitrogen and oxygen atoms in total. The number of nitrogens with zero attached hydrogens (tertiary/aromatic N) is 4. The molecule has 0 aliphatic carbocycles. The van der Waals surface area contributed by atoms with Crippen LogP contribution in [0, 0.1) is 0 Å². The van der Waals surface area contributed by atoms with E-state index >= 15 is 0 Å². The average Bonchev–Trinajstić information content (AvgIpc) is 3.15. The van der Waals surface area contributed by atoms with Crippen LogP contribution in [0.3, 0.4) is 0 Å². The molecule has 1 aliphatic rings. The molecule has 0 unspecified atom stereocenters. The van der Waals surface area contributed by atoms with E-state index in [4.69, 9.17) is 9.15 Å². The number of anilines is 2. The van der Waals surface area contributed by atoms with Crippen LogP contribution in [-0.4, -0.2) is 58.9 Å². The second-order valence-electron chi connectivity index (χ2n) is 7.16. The van der Waals surface area contributed by atoms with Gasteiger partial charge in [0, 0.05) is 26.2 Å². The molecule has 0 aromatic carbocycles. The predicted molar refractivity (Wildman–Crippen MR) is 98.7 cm³/mol. The number of piperazine rings is 1. The van der Waals surface area contributed by atoms with Crippen LogP contribution in [0.4, 0.5) is 16.4 Å². The normalized spacial score (nSPS) is 14.8. The molecular formula is C18H23N5O4. The Labute approximate surface area is 157 Å². The molecule has 0 spiro atoms. The third-order valence-corrected chi connectivity index (χ3v) is 3.90. The lowest BCUT2D eigenvalue weighted by molar-refractivity contribution is 0.0634. The van der Waals surface area contributed by atoms with Gasteiger partial charge in [-0.3, -0.25) is 10.1 Å². The third kappa shape index (κ3) is 4.96. The molecule has 3 heterocycles. The second kappa shape index (κ2) is 7.65. The van der Waals surface area contributed by atoms with E-state index in [-0.39, 0.29) is 5.91 Å². The van der Waals surface area contributed by atoms with E-state index in [1.165, 1.54) is 6.26 Å². The van der Waals surface area contributed by atoms with Crippen LogP contribution in [0.2, 0.25) is 0 Å². The van der Waals surface area contributed by atoms with Gasteiger partial charge in [0.2, 0.25) is 0 Å². The number of hydrogen-bond donors (Lipinski definition) is 1. The highest BCUT2D eigenvalue weighted by molar-refractivity contribution is 5.91. The minimum absolute atomic E-state index is 0.109. The number of carbonyl (C=O) groups is 2. The summed E-state index contributed by atoms with van der Waals surface area (Å²) in [5.74, 6) is 1.25. The summed E-state index contributed by atoms with van der Waals surface area (Å²) in [6.07, 6.45) is 0.918. The first kappa shape index (κ1) is 18.7. The number of nitrogens with one attached hydrogen (secondary N) is 1. The fourth-order valence-electron chi connectivity index (χ4n) is 2.66. The Morgan fingerprint density at radius 1 is 1.11 bits per heavy atom. The van der Waals surface area contributed by atoms with Crippen LogP contribution < -0.4 is 10.2 Å². The van der Waals surface area contributed by atoms with Crippen molar-refractivity contribution in [3.63, 3.8) is 0 Å². The molecule has 2 amide bonds. The minimum Gasteiger partial charge on any atom is -0.459 e. The SMILES string of the molecule is CC(C)(C)OC(=O)Nc1ccc(N2CCN(C(=O)c3ccco3)CC2)nn1. The highest BCUT2D eigenvalue weighted by Crippen LogP contribution is 2.16. The second-order valence-corrected chi connectivity index (χ2v) is 7.16. The highest BCUT2D eigenvalue weighted by atomic mass is 16.6. The predicted octanol–water partition coefficient (Wildman–Crippen LogP) is 2.38. The van der Waals surface area contributed by atoms with E-state index in [1.54, 1.807) is 49.9 Å². The maximum atomic E-state index is 12.3. The lowest BCUT2D eigenvalue weighted by Crippen LogP contribution is -2.49. The van der Waals surface area contributed by atoms with Crippen LogP contribution in [0.15, 0.2) is 34.9 Å². The maximum absolute atomic E-state index is 12.3. The van der Waals surface area contributed by atoms with Gasteiger partial charge in [-0.25, -0.2) is 4.79 Å². The topological polar surface area (TPSA) is 101 Å². The number of hydrogen-bond acceptors (Lipinski definition) is 7. The fourth-order valence-corrected chi connectivity index (χ4v) is 2.66. The molecule has 0 saturated carbocycles.